The van der Waals surface area contributed by atoms with E-state index in [0.29, 0.717) is 11.4 Å². The van der Waals surface area contributed by atoms with E-state index in [-0.39, 0.29) is 23.8 Å². The number of pyridine rings is 1. The number of hydrogen-bond acceptors (Lipinski definition) is 5. The summed E-state index contributed by atoms with van der Waals surface area (Å²) >= 11 is 0. The lowest BCUT2D eigenvalue weighted by atomic mass is 9.90. The van der Waals surface area contributed by atoms with Crippen LogP contribution in [-0.4, -0.2) is 34.2 Å². The van der Waals surface area contributed by atoms with Crippen molar-refractivity contribution in [2.75, 3.05) is 11.1 Å². The van der Waals surface area contributed by atoms with Crippen molar-refractivity contribution in [3.63, 3.8) is 0 Å². The molecule has 0 bridgehead atoms. The third kappa shape index (κ3) is 5.20. The predicted molar refractivity (Wildman–Crippen MR) is 116 cm³/mol. The summed E-state index contributed by atoms with van der Waals surface area (Å²) in [7, 11) is 0. The topological polar surface area (TPSA) is 129 Å². The Kier molecular flexibility index (Phi) is 6.44. The molecule has 160 valence electrons. The average Bonchev–Trinajstić information content (AvgIpc) is 2.69. The van der Waals surface area contributed by atoms with Gasteiger partial charge in [0, 0.05) is 6.04 Å². The number of aromatic nitrogens is 1. The van der Waals surface area contributed by atoms with E-state index in [4.69, 9.17) is 10.8 Å². The summed E-state index contributed by atoms with van der Waals surface area (Å²) in [4.78, 5) is 28.2. The highest BCUT2D eigenvalue weighted by atomic mass is 16.4. The zero-order valence-electron chi connectivity index (χ0n) is 17.3. The van der Waals surface area contributed by atoms with Gasteiger partial charge in [-0.3, -0.25) is 4.79 Å². The third-order valence-corrected chi connectivity index (χ3v) is 5.50. The van der Waals surface area contributed by atoms with Gasteiger partial charge in [0.1, 0.15) is 11.6 Å². The monoisotopic (exact) mass is 411 g/mol. The van der Waals surface area contributed by atoms with Crippen LogP contribution >= 0.6 is 0 Å². The molecule has 8 heteroatoms. The summed E-state index contributed by atoms with van der Waals surface area (Å²) in [5.41, 5.74) is 6.79. The number of nitrogens with zero attached hydrogens (tertiary/aromatic N) is 1. The highest BCUT2D eigenvalue weighted by molar-refractivity contribution is 5.99. The van der Waals surface area contributed by atoms with Gasteiger partial charge in [0.2, 0.25) is 0 Å². The van der Waals surface area contributed by atoms with Crippen molar-refractivity contribution >= 4 is 23.6 Å². The molecular formula is C22H29N5O3. The quantitative estimate of drug-likeness (QED) is 0.496. The Balaban J connectivity index is 1.70. The molecule has 1 saturated carbocycles. The zero-order chi connectivity index (χ0) is 21.7. The second kappa shape index (κ2) is 9.02. The molecule has 6 N–H and O–H groups in total. The number of carbonyl (C=O) groups excluding carboxylic acids is 1. The standard InChI is InChI=1S/C22H29N5O3/c1-22(2,14-8-4-3-5-9-14)27-20(28)15-12-13-18(26-19(15)23)24-16-10-6-7-11-17(16)25-21(29)30/h3-5,8-9,12-13,16-17,25H,6-7,10-11H2,1-2H3,(H,27,28)(H,29,30)(H3,23,24,26). The molecular weight excluding hydrogens is 382 g/mol. The molecule has 1 aliphatic carbocycles. The molecule has 30 heavy (non-hydrogen) atoms. The van der Waals surface area contributed by atoms with Gasteiger partial charge in [0.05, 0.1) is 17.1 Å². The number of nitrogens with two attached hydrogens (primary N) is 1. The van der Waals surface area contributed by atoms with Crippen LogP contribution in [0.1, 0.15) is 55.5 Å². The fraction of sp³-hybridized carbons (Fsp3) is 0.409. The number of nitrogens with one attached hydrogen (secondary N) is 3. The van der Waals surface area contributed by atoms with Gasteiger partial charge in [-0.2, -0.15) is 0 Å². The second-order valence-electron chi connectivity index (χ2n) is 8.17. The van der Waals surface area contributed by atoms with Crippen LogP contribution in [-0.2, 0) is 5.54 Å². The molecule has 1 aliphatic rings. The maximum Gasteiger partial charge on any atom is 0.404 e. The summed E-state index contributed by atoms with van der Waals surface area (Å²) in [6, 6.07) is 12.8. The minimum Gasteiger partial charge on any atom is -0.465 e. The fourth-order valence-electron chi connectivity index (χ4n) is 3.85. The largest absolute Gasteiger partial charge is 0.465 e. The Morgan fingerprint density at radius 3 is 2.37 bits per heavy atom. The van der Waals surface area contributed by atoms with E-state index < -0.39 is 11.6 Å². The minimum absolute atomic E-state index is 0.0709. The van der Waals surface area contributed by atoms with Crippen LogP contribution in [0.15, 0.2) is 42.5 Å². The maximum absolute atomic E-state index is 12.8. The molecule has 2 unspecified atom stereocenters. The van der Waals surface area contributed by atoms with E-state index in [1.165, 1.54) is 0 Å². The number of carboxylic acid groups (broad SMARTS) is 1. The third-order valence-electron chi connectivity index (χ3n) is 5.50. The van der Waals surface area contributed by atoms with Crippen LogP contribution in [0.25, 0.3) is 0 Å². The van der Waals surface area contributed by atoms with Gasteiger partial charge in [-0.05, 0) is 44.4 Å². The summed E-state index contributed by atoms with van der Waals surface area (Å²) in [6.07, 6.45) is 2.57. The molecule has 1 heterocycles. The van der Waals surface area contributed by atoms with Crippen LogP contribution in [0.3, 0.4) is 0 Å². The molecule has 1 fully saturated rings. The number of anilines is 2. The van der Waals surface area contributed by atoms with Crippen molar-refractivity contribution in [2.45, 2.75) is 57.2 Å². The van der Waals surface area contributed by atoms with Gasteiger partial charge in [0.15, 0.2) is 0 Å². The van der Waals surface area contributed by atoms with E-state index >= 15 is 0 Å². The van der Waals surface area contributed by atoms with Crippen LogP contribution in [0, 0.1) is 0 Å². The van der Waals surface area contributed by atoms with Crippen molar-refractivity contribution in [1.82, 2.24) is 15.6 Å². The van der Waals surface area contributed by atoms with E-state index in [2.05, 4.69) is 20.9 Å². The second-order valence-corrected chi connectivity index (χ2v) is 8.17. The molecule has 0 radical (unpaired) electrons. The van der Waals surface area contributed by atoms with Gasteiger partial charge < -0.3 is 26.8 Å². The lowest BCUT2D eigenvalue weighted by Gasteiger charge is -2.32. The normalized spacial score (nSPS) is 19.0. The average molecular weight is 412 g/mol. The smallest absolute Gasteiger partial charge is 0.404 e. The zero-order valence-corrected chi connectivity index (χ0v) is 17.3. The Hall–Kier alpha value is -3.29. The number of rotatable bonds is 6. The Morgan fingerprint density at radius 2 is 1.73 bits per heavy atom. The summed E-state index contributed by atoms with van der Waals surface area (Å²) < 4.78 is 0. The summed E-state index contributed by atoms with van der Waals surface area (Å²) in [6.45, 7) is 3.86. The molecule has 8 nitrogen and oxygen atoms in total. The minimum atomic E-state index is -1.03. The van der Waals surface area contributed by atoms with Crippen LogP contribution < -0.4 is 21.7 Å². The van der Waals surface area contributed by atoms with E-state index in [9.17, 15) is 9.59 Å². The predicted octanol–water partition coefficient (Wildman–Crippen LogP) is 3.32. The molecule has 0 aliphatic heterocycles. The highest BCUT2D eigenvalue weighted by Crippen LogP contribution is 2.24. The van der Waals surface area contributed by atoms with Crippen molar-refractivity contribution < 1.29 is 14.7 Å². The van der Waals surface area contributed by atoms with Gasteiger partial charge >= 0.3 is 6.09 Å². The molecule has 2 atom stereocenters. The lowest BCUT2D eigenvalue weighted by molar-refractivity contribution is 0.0912. The van der Waals surface area contributed by atoms with E-state index in [1.54, 1.807) is 12.1 Å². The molecule has 2 aromatic rings. The molecule has 1 aromatic heterocycles. The summed E-state index contributed by atoms with van der Waals surface area (Å²) in [5.74, 6) is 0.346. The summed E-state index contributed by atoms with van der Waals surface area (Å²) in [5, 5.41) is 17.9. The van der Waals surface area contributed by atoms with Crippen molar-refractivity contribution in [3.8, 4) is 0 Å². The first-order valence-electron chi connectivity index (χ1n) is 10.2. The lowest BCUT2D eigenvalue weighted by Crippen LogP contribution is -2.48. The first-order valence-corrected chi connectivity index (χ1v) is 10.2. The van der Waals surface area contributed by atoms with Crippen molar-refractivity contribution in [2.24, 2.45) is 0 Å². The molecule has 3 rings (SSSR count). The SMILES string of the molecule is CC(C)(NC(=O)c1ccc(NC2CCCCC2NC(=O)O)nc1N)c1ccccc1. The van der Waals surface area contributed by atoms with Gasteiger partial charge in [-0.15, -0.1) is 0 Å². The number of nitrogen functional groups attached to an aromatic ring is 1. The highest BCUT2D eigenvalue weighted by Gasteiger charge is 2.28. The number of carbonyl (C=O) groups is 2. The van der Waals surface area contributed by atoms with Crippen LogP contribution in [0.5, 0.6) is 0 Å². The molecule has 1 aromatic carbocycles. The number of benzene rings is 1. The van der Waals surface area contributed by atoms with Gasteiger partial charge in [-0.1, -0.05) is 43.2 Å². The van der Waals surface area contributed by atoms with Crippen LogP contribution in [0.2, 0.25) is 0 Å². The Morgan fingerprint density at radius 1 is 1.07 bits per heavy atom. The maximum atomic E-state index is 12.8. The number of amides is 2. The van der Waals surface area contributed by atoms with Crippen molar-refractivity contribution in [3.05, 3.63) is 53.6 Å². The Labute approximate surface area is 176 Å². The first kappa shape index (κ1) is 21.4. The van der Waals surface area contributed by atoms with Crippen LogP contribution in [0.4, 0.5) is 16.4 Å². The Bertz CT molecular complexity index is 901. The molecule has 0 spiro atoms. The van der Waals surface area contributed by atoms with E-state index in [1.807, 2.05) is 44.2 Å². The first-order chi connectivity index (χ1) is 14.3. The number of hydrogen-bond donors (Lipinski definition) is 5. The van der Waals surface area contributed by atoms with Gasteiger partial charge in [-0.25, -0.2) is 9.78 Å². The van der Waals surface area contributed by atoms with E-state index in [0.717, 1.165) is 31.2 Å². The molecule has 0 saturated heterocycles. The molecule has 2 amide bonds. The van der Waals surface area contributed by atoms with Crippen molar-refractivity contribution in [1.29, 1.82) is 0 Å². The fourth-order valence-corrected chi connectivity index (χ4v) is 3.85. The van der Waals surface area contributed by atoms with Gasteiger partial charge in [0.25, 0.3) is 5.91 Å².